The summed E-state index contributed by atoms with van der Waals surface area (Å²) in [6, 6.07) is 3.63. The number of H-pyrrole nitrogens is 1. The molecule has 1 N–H and O–H groups in total. The van der Waals surface area contributed by atoms with Crippen molar-refractivity contribution in [2.24, 2.45) is 0 Å². The van der Waals surface area contributed by atoms with Crippen LogP contribution in [0.2, 0.25) is 5.15 Å². The molecule has 0 bridgehead atoms. The molecule has 0 unspecified atom stereocenters. The van der Waals surface area contributed by atoms with Crippen molar-refractivity contribution in [2.75, 3.05) is 0 Å². The molecule has 0 saturated carbocycles. The van der Waals surface area contributed by atoms with Crippen LogP contribution in [0.25, 0.3) is 0 Å². The predicted octanol–water partition coefficient (Wildman–Crippen LogP) is 2.00. The Kier molecular flexibility index (Phi) is 2.47. The molecular weight excluding hydrogens is 208 g/mol. The number of hydrogen-bond donors (Lipinski definition) is 1. The Labute approximate surface area is 83.8 Å². The van der Waals surface area contributed by atoms with Gasteiger partial charge in [0.25, 0.3) is 0 Å². The van der Waals surface area contributed by atoms with Crippen LogP contribution in [0.5, 0.6) is 0 Å². The second-order valence-electron chi connectivity index (χ2n) is 2.21. The lowest BCUT2D eigenvalue weighted by molar-refractivity contribution is 0.973. The summed E-state index contributed by atoms with van der Waals surface area (Å²) in [4.78, 5) is 8.83. The van der Waals surface area contributed by atoms with Gasteiger partial charge in [-0.1, -0.05) is 23.4 Å². The third-order valence-electron chi connectivity index (χ3n) is 1.31. The zero-order chi connectivity index (χ0) is 9.10. The summed E-state index contributed by atoms with van der Waals surface area (Å²) in [5.41, 5.74) is 0. The molecule has 66 valence electrons. The first kappa shape index (κ1) is 8.52. The Bertz CT molecular complexity index is 389. The Balaban J connectivity index is 2.19. The lowest BCUT2D eigenvalue weighted by Crippen LogP contribution is -1.78. The number of aromatic amines is 1. The maximum absolute atomic E-state index is 5.71. The van der Waals surface area contributed by atoms with Crippen LogP contribution in [-0.4, -0.2) is 20.2 Å². The average molecular weight is 213 g/mol. The monoisotopic (exact) mass is 212 g/mol. The summed E-state index contributed by atoms with van der Waals surface area (Å²) in [6.45, 7) is 0. The largest absolute Gasteiger partial charge is 0.254 e. The van der Waals surface area contributed by atoms with E-state index in [-0.39, 0.29) is 0 Å². The zero-order valence-electron chi connectivity index (χ0n) is 6.44. The first-order valence-corrected chi connectivity index (χ1v) is 4.69. The Morgan fingerprint density at radius 1 is 1.38 bits per heavy atom. The van der Waals surface area contributed by atoms with Crippen LogP contribution in [0, 0.1) is 0 Å². The zero-order valence-corrected chi connectivity index (χ0v) is 8.01. The number of aromatic nitrogens is 4. The summed E-state index contributed by atoms with van der Waals surface area (Å²) in [5, 5.41) is 7.69. The fraction of sp³-hybridized carbons (Fsp3) is 0. The molecule has 13 heavy (non-hydrogen) atoms. The molecule has 0 amide bonds. The fourth-order valence-electron chi connectivity index (χ4n) is 0.803. The van der Waals surface area contributed by atoms with Gasteiger partial charge in [0.05, 0.1) is 0 Å². The Hall–Kier alpha value is -1.07. The molecule has 0 aromatic carbocycles. The minimum atomic E-state index is 0.476. The first-order valence-electron chi connectivity index (χ1n) is 3.49. The van der Waals surface area contributed by atoms with Crippen LogP contribution in [0.1, 0.15) is 0 Å². The van der Waals surface area contributed by atoms with Crippen LogP contribution >= 0.6 is 23.4 Å². The van der Waals surface area contributed by atoms with Crippen molar-refractivity contribution in [2.45, 2.75) is 10.1 Å². The number of nitrogens with zero attached hydrogens (tertiary/aromatic N) is 3. The lowest BCUT2D eigenvalue weighted by atomic mass is 10.5. The SMILES string of the molecule is Clc1cc(Sc2ncn[nH]2)ccn1. The van der Waals surface area contributed by atoms with E-state index in [4.69, 9.17) is 11.6 Å². The molecule has 6 heteroatoms. The molecule has 2 aromatic heterocycles. The van der Waals surface area contributed by atoms with Crippen LogP contribution in [0.3, 0.4) is 0 Å². The van der Waals surface area contributed by atoms with Gasteiger partial charge in [-0.2, -0.15) is 5.10 Å². The Morgan fingerprint density at radius 2 is 2.31 bits per heavy atom. The van der Waals surface area contributed by atoms with Gasteiger partial charge in [-0.3, -0.25) is 5.10 Å². The lowest BCUT2D eigenvalue weighted by Gasteiger charge is -1.96. The van der Waals surface area contributed by atoms with E-state index in [0.29, 0.717) is 5.15 Å². The molecule has 2 aromatic rings. The minimum Gasteiger partial charge on any atom is -0.254 e. The quantitative estimate of drug-likeness (QED) is 0.774. The molecule has 0 fully saturated rings. The molecule has 2 rings (SSSR count). The van der Waals surface area contributed by atoms with Crippen molar-refractivity contribution >= 4 is 23.4 Å². The van der Waals surface area contributed by atoms with Gasteiger partial charge in [0.2, 0.25) is 0 Å². The second-order valence-corrected chi connectivity index (χ2v) is 3.66. The van der Waals surface area contributed by atoms with Gasteiger partial charge in [0.1, 0.15) is 11.5 Å². The number of rotatable bonds is 2. The van der Waals surface area contributed by atoms with Gasteiger partial charge in [0, 0.05) is 11.1 Å². The van der Waals surface area contributed by atoms with Crippen molar-refractivity contribution in [3.8, 4) is 0 Å². The van der Waals surface area contributed by atoms with E-state index in [1.165, 1.54) is 18.1 Å². The summed E-state index contributed by atoms with van der Waals surface area (Å²) < 4.78 is 0. The second kappa shape index (κ2) is 3.76. The third-order valence-corrected chi connectivity index (χ3v) is 2.39. The normalized spacial score (nSPS) is 10.2. The maximum atomic E-state index is 5.71. The van der Waals surface area contributed by atoms with Crippen LogP contribution < -0.4 is 0 Å². The number of pyridine rings is 1. The molecule has 0 radical (unpaired) electrons. The van der Waals surface area contributed by atoms with Crippen molar-refractivity contribution < 1.29 is 0 Å². The highest BCUT2D eigenvalue weighted by molar-refractivity contribution is 7.99. The van der Waals surface area contributed by atoms with Gasteiger partial charge in [0.15, 0.2) is 5.16 Å². The van der Waals surface area contributed by atoms with E-state index >= 15 is 0 Å². The topological polar surface area (TPSA) is 54.5 Å². The van der Waals surface area contributed by atoms with Gasteiger partial charge in [-0.05, 0) is 12.1 Å². The van der Waals surface area contributed by atoms with E-state index < -0.39 is 0 Å². The molecule has 0 aliphatic carbocycles. The van der Waals surface area contributed by atoms with E-state index in [1.54, 1.807) is 12.3 Å². The Morgan fingerprint density at radius 3 is 3.00 bits per heavy atom. The molecule has 2 heterocycles. The van der Waals surface area contributed by atoms with Crippen LogP contribution in [0.15, 0.2) is 34.7 Å². The highest BCUT2D eigenvalue weighted by Gasteiger charge is 1.99. The summed E-state index contributed by atoms with van der Waals surface area (Å²) >= 11 is 7.17. The number of nitrogens with one attached hydrogen (secondary N) is 1. The maximum Gasteiger partial charge on any atom is 0.188 e. The molecule has 0 aliphatic rings. The average Bonchev–Trinajstić information content (AvgIpc) is 2.57. The minimum absolute atomic E-state index is 0.476. The molecule has 4 nitrogen and oxygen atoms in total. The molecule has 0 saturated heterocycles. The van der Waals surface area contributed by atoms with Gasteiger partial charge < -0.3 is 0 Å². The van der Waals surface area contributed by atoms with Crippen LogP contribution in [0.4, 0.5) is 0 Å². The van der Waals surface area contributed by atoms with Gasteiger partial charge in [-0.25, -0.2) is 9.97 Å². The van der Waals surface area contributed by atoms with E-state index in [1.807, 2.05) is 6.07 Å². The smallest absolute Gasteiger partial charge is 0.188 e. The fourth-order valence-corrected chi connectivity index (χ4v) is 1.76. The first-order chi connectivity index (χ1) is 6.34. The van der Waals surface area contributed by atoms with Gasteiger partial charge in [-0.15, -0.1) is 0 Å². The van der Waals surface area contributed by atoms with Crippen molar-refractivity contribution in [1.82, 2.24) is 20.2 Å². The van der Waals surface area contributed by atoms with Crippen LogP contribution in [-0.2, 0) is 0 Å². The molecule has 0 spiro atoms. The predicted molar refractivity (Wildman–Crippen MR) is 49.8 cm³/mol. The standard InChI is InChI=1S/C7H5ClN4S/c8-6-3-5(1-2-9-6)13-7-10-4-11-12-7/h1-4H,(H,10,11,12). The van der Waals surface area contributed by atoms with Crippen molar-refractivity contribution in [1.29, 1.82) is 0 Å². The summed E-state index contributed by atoms with van der Waals surface area (Å²) in [7, 11) is 0. The van der Waals surface area contributed by atoms with E-state index in [2.05, 4.69) is 20.2 Å². The third kappa shape index (κ3) is 2.19. The van der Waals surface area contributed by atoms with Crippen molar-refractivity contribution in [3.05, 3.63) is 29.8 Å². The summed E-state index contributed by atoms with van der Waals surface area (Å²) in [6.07, 6.45) is 3.12. The molecular formula is C7H5ClN4S. The molecule has 0 aliphatic heterocycles. The summed E-state index contributed by atoms with van der Waals surface area (Å²) in [5.74, 6) is 0. The highest BCUT2D eigenvalue weighted by atomic mass is 35.5. The van der Waals surface area contributed by atoms with Crippen molar-refractivity contribution in [3.63, 3.8) is 0 Å². The number of hydrogen-bond acceptors (Lipinski definition) is 4. The number of halogens is 1. The highest BCUT2D eigenvalue weighted by Crippen LogP contribution is 2.24. The molecule has 0 atom stereocenters. The van der Waals surface area contributed by atoms with E-state index in [9.17, 15) is 0 Å². The van der Waals surface area contributed by atoms with E-state index in [0.717, 1.165) is 10.1 Å². The van der Waals surface area contributed by atoms with Gasteiger partial charge >= 0.3 is 0 Å².